The van der Waals surface area contributed by atoms with Gasteiger partial charge in [0.2, 0.25) is 65.0 Å². The van der Waals surface area contributed by atoms with Crippen LogP contribution in [0.1, 0.15) is 125 Å². The maximum Gasteiger partial charge on any atom is 0.331 e. The Balaban J connectivity index is 2.39. The third kappa shape index (κ3) is 24.4. The van der Waals surface area contributed by atoms with Gasteiger partial charge >= 0.3 is 5.97 Å². The normalized spacial score (nSPS) is 25.5. The molecular weight excluding hydrogens is 1180 g/mol. The van der Waals surface area contributed by atoms with E-state index in [1.807, 2.05) is 24.5 Å². The summed E-state index contributed by atoms with van der Waals surface area (Å²) in [5.41, 5.74) is 17.0. The van der Waals surface area contributed by atoms with E-state index in [0.29, 0.717) is 12.8 Å². The zero-order chi connectivity index (χ0) is 67.9. The fourth-order valence-electron chi connectivity index (χ4n) is 9.49. The summed E-state index contributed by atoms with van der Waals surface area (Å²) < 4.78 is 5.93. The second-order valence-electron chi connectivity index (χ2n) is 24.1. The van der Waals surface area contributed by atoms with Crippen molar-refractivity contribution in [3.63, 3.8) is 0 Å². The van der Waals surface area contributed by atoms with Crippen LogP contribution in [-0.2, 0) is 62.3 Å². The molecule has 504 valence electrons. The molecule has 0 bridgehead atoms. The van der Waals surface area contributed by atoms with Gasteiger partial charge in [0.25, 0.3) is 0 Å². The van der Waals surface area contributed by atoms with Crippen molar-refractivity contribution in [1.29, 1.82) is 5.41 Å². The van der Waals surface area contributed by atoms with Crippen LogP contribution in [0.3, 0.4) is 0 Å². The van der Waals surface area contributed by atoms with Crippen LogP contribution in [0, 0.1) is 35.0 Å². The predicted molar refractivity (Wildman–Crippen MR) is 323 cm³/mol. The third-order valence-electron chi connectivity index (χ3n) is 15.0. The van der Waals surface area contributed by atoms with Gasteiger partial charge in [0.15, 0.2) is 24.2 Å². The summed E-state index contributed by atoms with van der Waals surface area (Å²) in [4.78, 5) is 170. The van der Waals surface area contributed by atoms with Crippen molar-refractivity contribution < 1.29 is 82.7 Å². The summed E-state index contributed by atoms with van der Waals surface area (Å²) >= 11 is 0. The lowest BCUT2D eigenvalue weighted by Gasteiger charge is -2.33. The Labute approximate surface area is 522 Å². The van der Waals surface area contributed by atoms with E-state index >= 15 is 4.79 Å². The number of rotatable bonds is 23. The summed E-state index contributed by atoms with van der Waals surface area (Å²) in [6.07, 6.45) is -6.51. The van der Waals surface area contributed by atoms with Gasteiger partial charge in [0, 0.05) is 6.54 Å². The minimum atomic E-state index is -2.57. The molecule has 1 saturated carbocycles. The lowest BCUT2D eigenvalue weighted by molar-refractivity contribution is -0.159. The predicted octanol–water partition coefficient (Wildman–Crippen LogP) is -5.47. The standard InChI is InChI=1S/C58H95N15O17/c1-10-29(8)39-53(85)71-40(30(9)75)52(84)64-24-38(76)69-42(45(78)47(60)79)55(87)68-37(25-74)57(89)90-46(32-15-12-11-13-16-32)43(73-51(83)36(23-31-18-19-31)66-48(80)33(59)21-26(2)3)56(88)72-41(44(77)28(6)7)54(86)67-35(22-27(4)5)50(82)65-34(49(81)70-39)17-14-20-63-58(61)62/h11-13,15-16,26-31,33-37,39-46,74-75,77-78H,10,14,17-25,59H2,1-9H3,(H2,60,79)(H,64,84)(H,65,82)(H,66,80)(H,67,86)(H,68,87)(H,69,76)(H,70,81)(H,71,85)(H,72,88)(H,73,83)(H4,61,62,63)/t29-,30-,33+,34+,35-,36-,37-,39?,40?,41?,42?,43-,44+,45-,46+/m0/s1. The summed E-state index contributed by atoms with van der Waals surface area (Å²) in [5.74, 6) is -16.9. The Morgan fingerprint density at radius 2 is 1.24 bits per heavy atom. The van der Waals surface area contributed by atoms with Crippen molar-refractivity contribution >= 4 is 76.9 Å². The molecule has 0 aromatic heterocycles. The van der Waals surface area contributed by atoms with Gasteiger partial charge in [-0.25, -0.2) is 4.79 Å². The number of esters is 1. The summed E-state index contributed by atoms with van der Waals surface area (Å²) in [6, 6.07) is -10.6. The quantitative estimate of drug-likeness (QED) is 0.0210. The number of hydrogen-bond donors (Lipinski definition) is 19. The molecular formula is C58H95N15O17. The highest BCUT2D eigenvalue weighted by Gasteiger charge is 2.44. The molecule has 3 rings (SSSR count). The summed E-state index contributed by atoms with van der Waals surface area (Å²) in [6.45, 7) is 12.0. The van der Waals surface area contributed by atoms with Crippen molar-refractivity contribution in [2.24, 2.45) is 46.8 Å². The molecule has 1 saturated heterocycles. The number of aliphatic hydroxyl groups is 4. The Bertz CT molecular complexity index is 2660. The van der Waals surface area contributed by atoms with E-state index < -0.39 is 187 Å². The minimum Gasteiger partial charge on any atom is -0.453 e. The van der Waals surface area contributed by atoms with Gasteiger partial charge < -0.3 is 101 Å². The Hall–Kier alpha value is -8.07. The largest absolute Gasteiger partial charge is 0.453 e. The van der Waals surface area contributed by atoms with Crippen LogP contribution in [0.5, 0.6) is 0 Å². The van der Waals surface area contributed by atoms with Crippen LogP contribution < -0.4 is 75.7 Å². The van der Waals surface area contributed by atoms with Crippen molar-refractivity contribution in [2.75, 3.05) is 19.7 Å². The first kappa shape index (κ1) is 76.2. The molecule has 11 amide bonds. The maximum atomic E-state index is 15.4. The smallest absolute Gasteiger partial charge is 0.331 e. The van der Waals surface area contributed by atoms with Crippen LogP contribution in [0.2, 0.25) is 0 Å². The van der Waals surface area contributed by atoms with Crippen molar-refractivity contribution in [2.45, 2.75) is 199 Å². The second-order valence-corrected chi connectivity index (χ2v) is 24.1. The topological polar surface area (TPSA) is 529 Å². The number of guanidine groups is 1. The van der Waals surface area contributed by atoms with E-state index in [-0.39, 0.29) is 68.4 Å². The van der Waals surface area contributed by atoms with Gasteiger partial charge in [0.05, 0.1) is 31.4 Å². The number of aliphatic hydroxyl groups excluding tert-OH is 4. The van der Waals surface area contributed by atoms with Gasteiger partial charge in [-0.1, -0.05) is 105 Å². The molecule has 1 aromatic rings. The number of nitrogens with one attached hydrogen (secondary N) is 12. The van der Waals surface area contributed by atoms with E-state index in [1.165, 1.54) is 44.2 Å². The number of amides is 11. The average Bonchev–Trinajstić information content (AvgIpc) is 1.12. The number of nitrogens with two attached hydrogens (primary N) is 3. The van der Waals surface area contributed by atoms with E-state index in [1.54, 1.807) is 27.7 Å². The number of ether oxygens (including phenoxy) is 1. The number of hydrogen-bond acceptors (Lipinski definition) is 19. The van der Waals surface area contributed by atoms with Gasteiger partial charge in [-0.3, -0.25) is 58.1 Å². The van der Waals surface area contributed by atoms with Gasteiger partial charge in [-0.05, 0) is 74.2 Å². The molecule has 1 aliphatic carbocycles. The summed E-state index contributed by atoms with van der Waals surface area (Å²) in [5, 5.41) is 78.4. The van der Waals surface area contributed by atoms with E-state index in [4.69, 9.17) is 27.3 Å². The third-order valence-corrected chi connectivity index (χ3v) is 15.0. The van der Waals surface area contributed by atoms with E-state index in [0.717, 1.165) is 6.92 Å². The van der Waals surface area contributed by atoms with Gasteiger partial charge in [0.1, 0.15) is 48.3 Å². The fraction of sp³-hybridized carbons (Fsp3) is 0.672. The number of carbonyl (C=O) groups is 12. The average molecular weight is 1270 g/mol. The molecule has 0 spiro atoms. The molecule has 90 heavy (non-hydrogen) atoms. The van der Waals surface area contributed by atoms with Crippen molar-refractivity contribution in [3.05, 3.63) is 35.9 Å². The van der Waals surface area contributed by atoms with Crippen LogP contribution in [0.25, 0.3) is 0 Å². The molecule has 4 unspecified atom stereocenters. The van der Waals surface area contributed by atoms with Gasteiger partial charge in [-0.15, -0.1) is 0 Å². The summed E-state index contributed by atoms with van der Waals surface area (Å²) in [7, 11) is 0. The lowest BCUT2D eigenvalue weighted by Crippen LogP contribution is -2.64. The fourth-order valence-corrected chi connectivity index (χ4v) is 9.49. The molecule has 32 heteroatoms. The molecule has 32 nitrogen and oxygen atoms in total. The molecule has 0 radical (unpaired) electrons. The Kier molecular flexibility index (Phi) is 30.9. The highest BCUT2D eigenvalue weighted by atomic mass is 16.5. The zero-order valence-corrected chi connectivity index (χ0v) is 52.5. The number of cyclic esters (lactones) is 1. The number of benzene rings is 1. The SMILES string of the molecule is CC[C@H](C)C1NC(=O)[C@@H](CCCNC(=N)N)NC(=O)[C@H](CC(C)C)NC(=O)C([C@H](O)C(C)C)NC(=O)[C@@H](NC(=O)[C@H](CC2CC2)NC(=O)[C@H](N)CC(C)C)[C@@H](c2ccccc2)OC(=O)[C@H](CO)NC(=O)C([C@H](O)C(N)=O)NC(=O)CNC(=O)C([C@H](C)O)NC1=O. The molecule has 2 aliphatic rings. The van der Waals surface area contributed by atoms with Crippen molar-refractivity contribution in [3.8, 4) is 0 Å². The Morgan fingerprint density at radius 3 is 1.79 bits per heavy atom. The van der Waals surface area contributed by atoms with Crippen LogP contribution in [0.4, 0.5) is 0 Å². The van der Waals surface area contributed by atoms with Crippen molar-refractivity contribution in [1.82, 2.24) is 58.5 Å². The lowest BCUT2D eigenvalue weighted by atomic mass is 9.95. The molecule has 22 N–H and O–H groups in total. The zero-order valence-electron chi connectivity index (χ0n) is 52.5. The highest BCUT2D eigenvalue weighted by molar-refractivity contribution is 6.00. The minimum absolute atomic E-state index is 0.0176. The number of primary amides is 1. The maximum absolute atomic E-state index is 15.4. The first-order chi connectivity index (χ1) is 42.2. The first-order valence-corrected chi connectivity index (χ1v) is 30.2. The molecule has 1 aromatic carbocycles. The Morgan fingerprint density at radius 1 is 0.678 bits per heavy atom. The monoisotopic (exact) mass is 1270 g/mol. The van der Waals surface area contributed by atoms with E-state index in [9.17, 15) is 73.2 Å². The first-order valence-electron chi connectivity index (χ1n) is 30.2. The molecule has 15 atom stereocenters. The van der Waals surface area contributed by atoms with Gasteiger partial charge in [-0.2, -0.15) is 0 Å². The molecule has 1 aliphatic heterocycles. The number of carbonyl (C=O) groups excluding carboxylic acids is 12. The van der Waals surface area contributed by atoms with Crippen LogP contribution in [-0.4, -0.2) is 196 Å². The molecule has 2 fully saturated rings. The highest BCUT2D eigenvalue weighted by Crippen LogP contribution is 2.34. The molecule has 1 heterocycles. The van der Waals surface area contributed by atoms with Crippen LogP contribution in [0.15, 0.2) is 30.3 Å². The van der Waals surface area contributed by atoms with E-state index in [2.05, 4.69) is 47.9 Å². The second kappa shape index (κ2) is 36.6. The van der Waals surface area contributed by atoms with Crippen LogP contribution >= 0.6 is 0 Å².